The molecule has 5 rings (SSSR count). The first-order valence-electron chi connectivity index (χ1n) is 8.09. The van der Waals surface area contributed by atoms with Gasteiger partial charge in [-0.15, -0.1) is 0 Å². The lowest BCUT2D eigenvalue weighted by Gasteiger charge is -2.09. The van der Waals surface area contributed by atoms with Crippen LogP contribution in [-0.2, 0) is 0 Å². The highest BCUT2D eigenvalue weighted by Crippen LogP contribution is 2.34. The second kappa shape index (κ2) is 5.63. The number of aromatic nitrogens is 4. The van der Waals surface area contributed by atoms with Crippen molar-refractivity contribution in [2.24, 2.45) is 0 Å². The van der Waals surface area contributed by atoms with Crippen molar-refractivity contribution in [1.29, 1.82) is 0 Å². The van der Waals surface area contributed by atoms with E-state index in [9.17, 15) is 4.79 Å². The predicted octanol–water partition coefficient (Wildman–Crippen LogP) is 3.79. The molecule has 4 aromatic heterocycles. The maximum absolute atomic E-state index is 12.3. The summed E-state index contributed by atoms with van der Waals surface area (Å²) in [5, 5.41) is 0.825. The molecule has 26 heavy (non-hydrogen) atoms. The maximum atomic E-state index is 12.3. The monoisotopic (exact) mass is 340 g/mol. The molecule has 0 fully saturated rings. The summed E-state index contributed by atoms with van der Waals surface area (Å²) in [4.78, 5) is 28.8. The van der Waals surface area contributed by atoms with Crippen LogP contribution in [0.5, 0.6) is 0 Å². The van der Waals surface area contributed by atoms with Gasteiger partial charge in [0.25, 0.3) is 0 Å². The highest BCUT2D eigenvalue weighted by molar-refractivity contribution is 5.96. The highest BCUT2D eigenvalue weighted by atomic mass is 16.3. The van der Waals surface area contributed by atoms with Crippen molar-refractivity contribution in [3.05, 3.63) is 77.4 Å². The van der Waals surface area contributed by atoms with E-state index in [4.69, 9.17) is 4.42 Å². The van der Waals surface area contributed by atoms with E-state index in [-0.39, 0.29) is 5.43 Å². The zero-order chi connectivity index (χ0) is 17.5. The smallest absolute Gasteiger partial charge is 0.226 e. The lowest BCUT2D eigenvalue weighted by atomic mass is 10.0. The van der Waals surface area contributed by atoms with E-state index in [1.165, 1.54) is 6.07 Å². The first kappa shape index (κ1) is 14.5. The Bertz CT molecular complexity index is 1310. The molecule has 1 N–H and O–H groups in total. The Balaban J connectivity index is 1.91. The van der Waals surface area contributed by atoms with Crippen LogP contribution in [0, 0.1) is 0 Å². The number of pyridine rings is 2. The third kappa shape index (κ3) is 2.20. The molecule has 0 aliphatic heterocycles. The van der Waals surface area contributed by atoms with E-state index < -0.39 is 0 Å². The van der Waals surface area contributed by atoms with E-state index in [0.717, 1.165) is 16.5 Å². The molecule has 0 aliphatic rings. The Morgan fingerprint density at radius 3 is 2.69 bits per heavy atom. The molecule has 5 aromatic rings. The molecular weight excluding hydrogens is 328 g/mol. The topological polar surface area (TPSA) is 84.7 Å². The van der Waals surface area contributed by atoms with E-state index in [2.05, 4.69) is 19.9 Å². The van der Waals surface area contributed by atoms with Crippen molar-refractivity contribution in [2.45, 2.75) is 0 Å². The van der Waals surface area contributed by atoms with Crippen LogP contribution in [0.3, 0.4) is 0 Å². The van der Waals surface area contributed by atoms with Gasteiger partial charge in [-0.05, 0) is 12.1 Å². The van der Waals surface area contributed by atoms with Gasteiger partial charge in [0.05, 0.1) is 11.3 Å². The zero-order valence-electron chi connectivity index (χ0n) is 13.5. The molecule has 0 amide bonds. The molecule has 1 aromatic carbocycles. The number of hydrogen-bond acceptors (Lipinski definition) is 5. The van der Waals surface area contributed by atoms with E-state index in [0.29, 0.717) is 28.3 Å². The van der Waals surface area contributed by atoms with Gasteiger partial charge in [-0.1, -0.05) is 30.3 Å². The van der Waals surface area contributed by atoms with Crippen molar-refractivity contribution >= 4 is 22.3 Å². The molecule has 6 heteroatoms. The number of hydrogen-bond donors (Lipinski definition) is 1. The third-order valence-electron chi connectivity index (χ3n) is 4.24. The zero-order valence-corrected chi connectivity index (χ0v) is 13.5. The van der Waals surface area contributed by atoms with Gasteiger partial charge in [0, 0.05) is 29.4 Å². The molecule has 0 atom stereocenters. The summed E-state index contributed by atoms with van der Waals surface area (Å²) in [7, 11) is 0. The summed E-state index contributed by atoms with van der Waals surface area (Å²) < 4.78 is 5.57. The van der Waals surface area contributed by atoms with Crippen molar-refractivity contribution in [3.63, 3.8) is 0 Å². The van der Waals surface area contributed by atoms with E-state index in [1.807, 2.05) is 42.5 Å². The second-order valence-corrected chi connectivity index (χ2v) is 5.83. The van der Waals surface area contributed by atoms with Crippen molar-refractivity contribution in [1.82, 2.24) is 19.9 Å². The second-order valence-electron chi connectivity index (χ2n) is 5.83. The van der Waals surface area contributed by atoms with E-state index in [1.54, 1.807) is 18.7 Å². The van der Waals surface area contributed by atoms with Gasteiger partial charge in [-0.3, -0.25) is 4.79 Å². The van der Waals surface area contributed by atoms with Crippen LogP contribution in [0.25, 0.3) is 44.8 Å². The number of rotatable bonds is 2. The molecule has 6 nitrogen and oxygen atoms in total. The molecule has 0 saturated heterocycles. The Labute approximate surface area is 147 Å². The summed E-state index contributed by atoms with van der Waals surface area (Å²) in [5.74, 6) is 0. The maximum Gasteiger partial charge on any atom is 0.226 e. The molecule has 0 unspecified atom stereocenters. The number of nitrogens with one attached hydrogen (secondary N) is 1. The van der Waals surface area contributed by atoms with Crippen molar-refractivity contribution in [2.75, 3.05) is 0 Å². The van der Waals surface area contributed by atoms with Crippen LogP contribution in [0.15, 0.2) is 76.4 Å². The quantitative estimate of drug-likeness (QED) is 0.528. The van der Waals surface area contributed by atoms with Gasteiger partial charge in [-0.25, -0.2) is 15.0 Å². The Morgan fingerprint density at radius 1 is 0.923 bits per heavy atom. The van der Waals surface area contributed by atoms with Crippen molar-refractivity contribution < 1.29 is 4.42 Å². The number of furan rings is 1. The summed E-state index contributed by atoms with van der Waals surface area (Å²) in [5.41, 5.74) is 4.00. The normalized spacial score (nSPS) is 11.2. The third-order valence-corrected chi connectivity index (χ3v) is 4.24. The molecule has 124 valence electrons. The number of H-pyrrole nitrogens is 1. The molecule has 0 saturated carbocycles. The first-order valence-corrected chi connectivity index (χ1v) is 8.09. The average Bonchev–Trinajstić information content (AvgIpc) is 3.12. The Kier molecular flexibility index (Phi) is 3.15. The summed E-state index contributed by atoms with van der Waals surface area (Å²) >= 11 is 0. The van der Waals surface area contributed by atoms with Gasteiger partial charge in [0.1, 0.15) is 12.0 Å². The number of fused-ring (bicyclic) bond motifs is 2. The molecule has 0 aliphatic carbocycles. The largest absolute Gasteiger partial charge is 0.445 e. The average molecular weight is 340 g/mol. The summed E-state index contributed by atoms with van der Waals surface area (Å²) in [6.45, 7) is 0. The van der Waals surface area contributed by atoms with Gasteiger partial charge >= 0.3 is 0 Å². The molecule has 0 radical (unpaired) electrons. The first-order chi connectivity index (χ1) is 12.8. The lowest BCUT2D eigenvalue weighted by molar-refractivity contribution is 0.604. The van der Waals surface area contributed by atoms with Gasteiger partial charge in [-0.2, -0.15) is 0 Å². The van der Waals surface area contributed by atoms with Gasteiger partial charge in [0.15, 0.2) is 11.2 Å². The van der Waals surface area contributed by atoms with Gasteiger partial charge < -0.3 is 9.40 Å². The Hall–Kier alpha value is -3.80. The number of aromatic amines is 1. The van der Waals surface area contributed by atoms with Crippen LogP contribution in [0.4, 0.5) is 0 Å². The van der Waals surface area contributed by atoms with Crippen LogP contribution < -0.4 is 5.43 Å². The van der Waals surface area contributed by atoms with Crippen LogP contribution in [0.1, 0.15) is 0 Å². The summed E-state index contributed by atoms with van der Waals surface area (Å²) in [6, 6.07) is 14.9. The molecule has 0 bridgehead atoms. The minimum Gasteiger partial charge on any atom is -0.445 e. The lowest BCUT2D eigenvalue weighted by Crippen LogP contribution is -2.06. The molecule has 0 spiro atoms. The fourth-order valence-electron chi connectivity index (χ4n) is 3.02. The Morgan fingerprint density at radius 2 is 1.81 bits per heavy atom. The van der Waals surface area contributed by atoms with Crippen molar-refractivity contribution in [3.8, 4) is 22.5 Å². The fourth-order valence-corrected chi connectivity index (χ4v) is 3.02. The SMILES string of the molecule is O=c1cc[nH]c2nc(-c3ccccc3)c(-c3coc4ncccc34)nc12. The fraction of sp³-hybridized carbons (Fsp3) is 0. The summed E-state index contributed by atoms with van der Waals surface area (Å²) in [6.07, 6.45) is 4.85. The minimum atomic E-state index is -0.182. The number of nitrogens with zero attached hydrogens (tertiary/aromatic N) is 3. The van der Waals surface area contributed by atoms with Crippen LogP contribution in [-0.4, -0.2) is 19.9 Å². The number of benzene rings is 1. The predicted molar refractivity (Wildman–Crippen MR) is 98.6 cm³/mol. The molecule has 4 heterocycles. The molecular formula is C20H12N4O2. The van der Waals surface area contributed by atoms with Crippen LogP contribution >= 0.6 is 0 Å². The minimum absolute atomic E-state index is 0.182. The highest BCUT2D eigenvalue weighted by Gasteiger charge is 2.18. The van der Waals surface area contributed by atoms with Gasteiger partial charge in [0.2, 0.25) is 11.1 Å². The van der Waals surface area contributed by atoms with Crippen LogP contribution in [0.2, 0.25) is 0 Å². The standard InChI is InChI=1S/C20H12N4O2/c25-15-8-10-21-19-18(15)23-17(16(24-19)12-5-2-1-3-6-12)14-11-26-20-13(14)7-4-9-22-20/h1-11H,(H,21,24,25). The van der Waals surface area contributed by atoms with E-state index >= 15 is 0 Å².